The fourth-order valence-corrected chi connectivity index (χ4v) is 2.12. The van der Waals surface area contributed by atoms with Crippen molar-refractivity contribution in [1.29, 1.82) is 0 Å². The van der Waals surface area contributed by atoms with Gasteiger partial charge in [-0.05, 0) is 18.4 Å². The van der Waals surface area contributed by atoms with Crippen molar-refractivity contribution >= 4 is 12.3 Å². The summed E-state index contributed by atoms with van der Waals surface area (Å²) in [4.78, 5) is 22.5. The number of benzene rings is 1. The molecule has 2 atom stereocenters. The molecule has 1 fully saturated rings. The zero-order valence-corrected chi connectivity index (χ0v) is 9.18. The molecule has 0 bridgehead atoms. The number of ether oxygens (including phenoxy) is 1. The van der Waals surface area contributed by atoms with Crippen molar-refractivity contribution < 1.29 is 14.3 Å². The van der Waals surface area contributed by atoms with Gasteiger partial charge in [0.05, 0.1) is 13.0 Å². The third-order valence-corrected chi connectivity index (χ3v) is 3.21. The molecule has 0 radical (unpaired) electrons. The molecule has 1 aliphatic rings. The summed E-state index contributed by atoms with van der Waals surface area (Å²) in [7, 11) is 1.36. The number of carbonyl (C=O) groups excluding carboxylic acids is 2. The maximum Gasteiger partial charge on any atom is 0.309 e. The Bertz CT molecular complexity index is 399. The number of hydrogen-bond acceptors (Lipinski definition) is 3. The lowest BCUT2D eigenvalue weighted by atomic mass is 9.95. The van der Waals surface area contributed by atoms with Gasteiger partial charge in [0.15, 0.2) is 0 Å². The lowest BCUT2D eigenvalue weighted by Gasteiger charge is -2.08. The van der Waals surface area contributed by atoms with E-state index in [0.717, 1.165) is 11.8 Å². The Labute approximate surface area is 94.4 Å². The second-order valence-electron chi connectivity index (χ2n) is 4.29. The van der Waals surface area contributed by atoms with E-state index < -0.39 is 5.41 Å². The van der Waals surface area contributed by atoms with Crippen LogP contribution >= 0.6 is 0 Å². The normalized spacial score (nSPS) is 27.2. The molecule has 0 N–H and O–H groups in total. The monoisotopic (exact) mass is 218 g/mol. The number of carbonyl (C=O) groups is 2. The minimum Gasteiger partial charge on any atom is -0.469 e. The Morgan fingerprint density at radius 2 is 2.19 bits per heavy atom. The summed E-state index contributed by atoms with van der Waals surface area (Å²) in [5.41, 5.74) is 0.565. The van der Waals surface area contributed by atoms with Crippen molar-refractivity contribution in [3.05, 3.63) is 35.9 Å². The Balaban J connectivity index is 2.09. The van der Waals surface area contributed by atoms with Crippen molar-refractivity contribution in [3.8, 4) is 0 Å². The fourth-order valence-electron chi connectivity index (χ4n) is 2.12. The van der Waals surface area contributed by atoms with Gasteiger partial charge in [-0.1, -0.05) is 30.3 Å². The van der Waals surface area contributed by atoms with Gasteiger partial charge in [-0.2, -0.15) is 0 Å². The first kappa shape index (κ1) is 10.9. The summed E-state index contributed by atoms with van der Waals surface area (Å²) in [5, 5.41) is 0. The standard InChI is InChI=1S/C13H14O3/c1-16-12(15)11-8-13(11,9-14)7-10-5-3-2-4-6-10/h2-6,9,11H,7-8H2,1H3/t11-,13-/m0/s1. The molecular weight excluding hydrogens is 204 g/mol. The van der Waals surface area contributed by atoms with Crippen molar-refractivity contribution in [1.82, 2.24) is 0 Å². The van der Waals surface area contributed by atoms with Gasteiger partial charge in [-0.3, -0.25) is 4.79 Å². The van der Waals surface area contributed by atoms with Crippen LogP contribution in [0.5, 0.6) is 0 Å². The van der Waals surface area contributed by atoms with Crippen molar-refractivity contribution in [2.45, 2.75) is 12.8 Å². The second kappa shape index (κ2) is 4.08. The van der Waals surface area contributed by atoms with E-state index in [4.69, 9.17) is 0 Å². The summed E-state index contributed by atoms with van der Waals surface area (Å²) in [6, 6.07) is 9.74. The molecule has 0 aliphatic heterocycles. The molecule has 0 unspecified atom stereocenters. The maximum absolute atomic E-state index is 11.4. The van der Waals surface area contributed by atoms with E-state index in [9.17, 15) is 9.59 Å². The summed E-state index contributed by atoms with van der Waals surface area (Å²) < 4.78 is 4.67. The fraction of sp³-hybridized carbons (Fsp3) is 0.385. The number of methoxy groups -OCH3 is 1. The zero-order chi connectivity index (χ0) is 11.6. The SMILES string of the molecule is COC(=O)[C@@H]1C[C@]1(C=O)Cc1ccccc1. The van der Waals surface area contributed by atoms with Gasteiger partial charge in [-0.15, -0.1) is 0 Å². The first-order valence-corrected chi connectivity index (χ1v) is 5.30. The van der Waals surface area contributed by atoms with Gasteiger partial charge in [0.1, 0.15) is 6.29 Å². The molecule has 1 aliphatic carbocycles. The Morgan fingerprint density at radius 1 is 1.50 bits per heavy atom. The van der Waals surface area contributed by atoms with E-state index in [1.165, 1.54) is 7.11 Å². The third kappa shape index (κ3) is 1.85. The van der Waals surface area contributed by atoms with Gasteiger partial charge in [-0.25, -0.2) is 0 Å². The van der Waals surface area contributed by atoms with E-state index in [1.54, 1.807) is 0 Å². The number of rotatable bonds is 4. The van der Waals surface area contributed by atoms with Crippen LogP contribution < -0.4 is 0 Å². The highest BCUT2D eigenvalue weighted by atomic mass is 16.5. The molecule has 2 rings (SSSR count). The molecule has 16 heavy (non-hydrogen) atoms. The maximum atomic E-state index is 11.4. The van der Waals surface area contributed by atoms with Gasteiger partial charge in [0.25, 0.3) is 0 Å². The number of esters is 1. The lowest BCUT2D eigenvalue weighted by Crippen LogP contribution is -2.16. The van der Waals surface area contributed by atoms with Crippen molar-refractivity contribution in [2.75, 3.05) is 7.11 Å². The first-order valence-electron chi connectivity index (χ1n) is 5.30. The minimum atomic E-state index is -0.519. The molecule has 3 nitrogen and oxygen atoms in total. The molecule has 3 heteroatoms. The molecule has 0 heterocycles. The van der Waals surface area contributed by atoms with Crippen LogP contribution in [0.3, 0.4) is 0 Å². The first-order chi connectivity index (χ1) is 7.72. The Kier molecular flexibility index (Phi) is 2.77. The Morgan fingerprint density at radius 3 is 2.75 bits per heavy atom. The molecule has 1 saturated carbocycles. The largest absolute Gasteiger partial charge is 0.469 e. The second-order valence-corrected chi connectivity index (χ2v) is 4.29. The summed E-state index contributed by atoms with van der Waals surface area (Å²) >= 11 is 0. The zero-order valence-electron chi connectivity index (χ0n) is 9.18. The van der Waals surface area contributed by atoms with Gasteiger partial charge < -0.3 is 9.53 Å². The predicted octanol–water partition coefficient (Wildman–Crippen LogP) is 1.61. The molecule has 0 aromatic heterocycles. The molecule has 1 aromatic carbocycles. The van der Waals surface area contributed by atoms with Crippen LogP contribution in [0.1, 0.15) is 12.0 Å². The van der Waals surface area contributed by atoms with E-state index in [0.29, 0.717) is 12.8 Å². The van der Waals surface area contributed by atoms with E-state index in [2.05, 4.69) is 4.74 Å². The van der Waals surface area contributed by atoms with Crippen LogP contribution in [0.25, 0.3) is 0 Å². The van der Waals surface area contributed by atoms with Crippen LogP contribution in [0.4, 0.5) is 0 Å². The van der Waals surface area contributed by atoms with Crippen LogP contribution in [-0.2, 0) is 20.7 Å². The summed E-state index contributed by atoms with van der Waals surface area (Å²) in [6.07, 6.45) is 2.14. The number of aldehydes is 1. The third-order valence-electron chi connectivity index (χ3n) is 3.21. The van der Waals surface area contributed by atoms with Crippen LogP contribution in [0.2, 0.25) is 0 Å². The van der Waals surface area contributed by atoms with E-state index in [-0.39, 0.29) is 11.9 Å². The van der Waals surface area contributed by atoms with Gasteiger partial charge >= 0.3 is 5.97 Å². The topological polar surface area (TPSA) is 43.4 Å². The summed E-state index contributed by atoms with van der Waals surface area (Å²) in [6.45, 7) is 0. The quantitative estimate of drug-likeness (QED) is 0.569. The van der Waals surface area contributed by atoms with Gasteiger partial charge in [0.2, 0.25) is 0 Å². The van der Waals surface area contributed by atoms with Crippen molar-refractivity contribution in [2.24, 2.45) is 11.3 Å². The smallest absolute Gasteiger partial charge is 0.309 e. The van der Waals surface area contributed by atoms with Crippen LogP contribution in [-0.4, -0.2) is 19.4 Å². The number of hydrogen-bond donors (Lipinski definition) is 0. The molecule has 1 aromatic rings. The van der Waals surface area contributed by atoms with Gasteiger partial charge in [0, 0.05) is 5.41 Å². The minimum absolute atomic E-state index is 0.254. The average molecular weight is 218 g/mol. The summed E-state index contributed by atoms with van der Waals surface area (Å²) in [5.74, 6) is -0.529. The Hall–Kier alpha value is -1.64. The van der Waals surface area contributed by atoms with E-state index >= 15 is 0 Å². The molecule has 0 amide bonds. The average Bonchev–Trinajstić information content (AvgIpc) is 3.04. The van der Waals surface area contributed by atoms with Crippen LogP contribution in [0, 0.1) is 11.3 Å². The predicted molar refractivity (Wildman–Crippen MR) is 58.8 cm³/mol. The highest BCUT2D eigenvalue weighted by Crippen LogP contribution is 2.53. The van der Waals surface area contributed by atoms with Crippen molar-refractivity contribution in [3.63, 3.8) is 0 Å². The highest BCUT2D eigenvalue weighted by molar-refractivity contribution is 5.85. The molecule has 0 saturated heterocycles. The molecule has 0 spiro atoms. The molecule has 84 valence electrons. The molecular formula is C13H14O3. The highest BCUT2D eigenvalue weighted by Gasteiger charge is 2.59. The van der Waals surface area contributed by atoms with Crippen LogP contribution in [0.15, 0.2) is 30.3 Å². The lowest BCUT2D eigenvalue weighted by molar-refractivity contribution is -0.143. The van der Waals surface area contributed by atoms with E-state index in [1.807, 2.05) is 30.3 Å².